The van der Waals surface area contributed by atoms with E-state index in [9.17, 15) is 18.4 Å². The maximum absolute atomic E-state index is 14.8. The van der Waals surface area contributed by atoms with Gasteiger partial charge in [0.15, 0.2) is 0 Å². The van der Waals surface area contributed by atoms with Crippen molar-refractivity contribution in [2.75, 3.05) is 24.5 Å². The molecule has 2 aromatic rings. The fourth-order valence-corrected chi connectivity index (χ4v) is 4.54. The highest BCUT2D eigenvalue weighted by Crippen LogP contribution is 2.46. The van der Waals surface area contributed by atoms with Crippen molar-refractivity contribution in [2.45, 2.75) is 25.2 Å². The van der Waals surface area contributed by atoms with Gasteiger partial charge in [0.2, 0.25) is 5.91 Å². The first-order chi connectivity index (χ1) is 14.2. The van der Waals surface area contributed by atoms with Crippen molar-refractivity contribution in [3.8, 4) is 6.07 Å². The molecular weight excluding hydrogens is 392 g/mol. The number of likely N-dealkylation sites (tertiary alicyclic amines) is 1. The number of hydrogen-bond acceptors (Lipinski definition) is 4. The minimum Gasteiger partial charge on any atom is -0.331 e. The van der Waals surface area contributed by atoms with Crippen molar-refractivity contribution >= 4 is 17.5 Å². The number of benzene rings is 1. The van der Waals surface area contributed by atoms with Gasteiger partial charge >= 0.3 is 0 Å². The van der Waals surface area contributed by atoms with Crippen molar-refractivity contribution in [1.29, 1.82) is 5.26 Å². The number of aromatic nitrogens is 2. The summed E-state index contributed by atoms with van der Waals surface area (Å²) in [6.45, 7) is -0.402. The summed E-state index contributed by atoms with van der Waals surface area (Å²) in [5.41, 5.74) is -0.243. The van der Waals surface area contributed by atoms with Crippen molar-refractivity contribution in [3.05, 3.63) is 47.8 Å². The monoisotopic (exact) mass is 413 g/mol. The quantitative estimate of drug-likeness (QED) is 0.758. The van der Waals surface area contributed by atoms with Gasteiger partial charge in [0, 0.05) is 38.4 Å². The molecule has 1 aromatic carbocycles. The highest BCUT2D eigenvalue weighted by molar-refractivity contribution is 6.00. The number of aryl methyl sites for hydroxylation is 1. The van der Waals surface area contributed by atoms with Crippen LogP contribution in [-0.2, 0) is 11.8 Å². The Morgan fingerprint density at radius 3 is 2.80 bits per heavy atom. The van der Waals surface area contributed by atoms with Gasteiger partial charge in [0.1, 0.15) is 0 Å². The normalized spacial score (nSPS) is 23.5. The van der Waals surface area contributed by atoms with Crippen molar-refractivity contribution in [3.63, 3.8) is 0 Å². The Kier molecular flexibility index (Phi) is 4.80. The second-order valence-electron chi connectivity index (χ2n) is 8.10. The zero-order valence-corrected chi connectivity index (χ0v) is 16.5. The summed E-state index contributed by atoms with van der Waals surface area (Å²) in [6, 6.07) is 8.58. The highest BCUT2D eigenvalue weighted by Gasteiger charge is 2.56. The van der Waals surface area contributed by atoms with E-state index in [-0.39, 0.29) is 18.5 Å². The molecule has 4 rings (SSSR count). The molecule has 1 aromatic heterocycles. The Morgan fingerprint density at radius 2 is 2.10 bits per heavy atom. The standard InChI is InChI=1S/C21H21F2N5O2/c1-26-11-16(10-25-26)18(29)27-13-20(12-21(22,23)14-27)6-3-7-28(19(20)30)17-5-2-4-15(8-17)9-24/h2,4-5,8,10-11H,3,6-7,12-14H2,1H3. The predicted molar refractivity (Wildman–Crippen MR) is 104 cm³/mol. The molecule has 2 amide bonds. The fourth-order valence-electron chi connectivity index (χ4n) is 4.54. The summed E-state index contributed by atoms with van der Waals surface area (Å²) in [5, 5.41) is 13.1. The summed E-state index contributed by atoms with van der Waals surface area (Å²) in [4.78, 5) is 28.8. The largest absolute Gasteiger partial charge is 0.331 e. The van der Waals surface area contributed by atoms with Gasteiger partial charge in [-0.1, -0.05) is 6.07 Å². The fraction of sp³-hybridized carbons (Fsp3) is 0.429. The van der Waals surface area contributed by atoms with E-state index in [1.54, 1.807) is 31.3 Å². The lowest BCUT2D eigenvalue weighted by Gasteiger charge is -2.49. The minimum atomic E-state index is -3.18. The van der Waals surface area contributed by atoms with E-state index in [2.05, 4.69) is 5.10 Å². The van der Waals surface area contributed by atoms with Gasteiger partial charge in [-0.05, 0) is 31.0 Å². The van der Waals surface area contributed by atoms with Crippen LogP contribution in [-0.4, -0.2) is 52.1 Å². The third-order valence-electron chi connectivity index (χ3n) is 5.77. The van der Waals surface area contributed by atoms with E-state index in [0.717, 1.165) is 4.90 Å². The molecule has 3 heterocycles. The van der Waals surface area contributed by atoms with Crippen LogP contribution in [0.3, 0.4) is 0 Å². The highest BCUT2D eigenvalue weighted by atomic mass is 19.3. The molecule has 2 aliphatic rings. The number of nitriles is 1. The summed E-state index contributed by atoms with van der Waals surface area (Å²) in [6.07, 6.45) is 3.04. The second-order valence-corrected chi connectivity index (χ2v) is 8.10. The van der Waals surface area contributed by atoms with Crippen molar-refractivity contribution in [2.24, 2.45) is 12.5 Å². The summed E-state index contributed by atoms with van der Waals surface area (Å²) < 4.78 is 30.9. The number of anilines is 1. The lowest BCUT2D eigenvalue weighted by atomic mass is 9.71. The number of amides is 2. The minimum absolute atomic E-state index is 0.0659. The van der Waals surface area contributed by atoms with Crippen LogP contribution in [0.5, 0.6) is 0 Å². The zero-order valence-electron chi connectivity index (χ0n) is 16.5. The number of rotatable bonds is 2. The van der Waals surface area contributed by atoms with E-state index < -0.39 is 36.1 Å². The van der Waals surface area contributed by atoms with E-state index >= 15 is 0 Å². The molecule has 2 fully saturated rings. The molecule has 2 aliphatic heterocycles. The van der Waals surface area contributed by atoms with E-state index in [1.807, 2.05) is 6.07 Å². The van der Waals surface area contributed by atoms with Crippen LogP contribution in [0, 0.1) is 16.7 Å². The molecule has 1 unspecified atom stereocenters. The summed E-state index contributed by atoms with van der Waals surface area (Å²) in [5.74, 6) is -4.16. The van der Waals surface area contributed by atoms with Crippen molar-refractivity contribution in [1.82, 2.24) is 14.7 Å². The number of carbonyl (C=O) groups is 2. The zero-order chi connectivity index (χ0) is 21.5. The number of hydrogen-bond donors (Lipinski definition) is 0. The smallest absolute Gasteiger partial charge is 0.266 e. The first kappa shape index (κ1) is 20.0. The molecule has 0 N–H and O–H groups in total. The summed E-state index contributed by atoms with van der Waals surface area (Å²) >= 11 is 0. The topological polar surface area (TPSA) is 82.2 Å². The van der Waals surface area contributed by atoms with Gasteiger partial charge in [-0.25, -0.2) is 8.78 Å². The molecule has 0 bridgehead atoms. The third-order valence-corrected chi connectivity index (χ3v) is 5.77. The van der Waals surface area contributed by atoms with E-state index in [4.69, 9.17) is 5.26 Å². The second kappa shape index (κ2) is 7.20. The van der Waals surface area contributed by atoms with Gasteiger partial charge in [-0.3, -0.25) is 14.3 Å². The lowest BCUT2D eigenvalue weighted by molar-refractivity contribution is -0.150. The molecule has 2 saturated heterocycles. The van der Waals surface area contributed by atoms with Gasteiger partial charge in [0.05, 0.1) is 35.4 Å². The molecule has 0 aliphatic carbocycles. The average molecular weight is 413 g/mol. The molecule has 7 nitrogen and oxygen atoms in total. The third kappa shape index (κ3) is 3.54. The van der Waals surface area contributed by atoms with Gasteiger partial charge < -0.3 is 9.80 Å². The number of halogens is 2. The lowest BCUT2D eigenvalue weighted by Crippen LogP contribution is -2.62. The van der Waals surface area contributed by atoms with Crippen LogP contribution in [0.15, 0.2) is 36.7 Å². The van der Waals surface area contributed by atoms with Gasteiger partial charge in [0.25, 0.3) is 11.8 Å². The van der Waals surface area contributed by atoms with Crippen LogP contribution < -0.4 is 4.90 Å². The number of piperidine rings is 2. The summed E-state index contributed by atoms with van der Waals surface area (Å²) in [7, 11) is 1.64. The SMILES string of the molecule is Cn1cc(C(=O)N2CC(F)(F)CC3(CCCN(c4cccc(C#N)c4)C3=O)C2)cn1. The van der Waals surface area contributed by atoms with Crippen LogP contribution in [0.4, 0.5) is 14.5 Å². The maximum Gasteiger partial charge on any atom is 0.266 e. The van der Waals surface area contributed by atoms with Crippen LogP contribution in [0.2, 0.25) is 0 Å². The molecule has 0 saturated carbocycles. The molecule has 0 radical (unpaired) electrons. The Labute approximate surface area is 172 Å². The van der Waals surface area contributed by atoms with Crippen LogP contribution in [0.1, 0.15) is 35.2 Å². The predicted octanol–water partition coefficient (Wildman–Crippen LogP) is 2.59. The Morgan fingerprint density at radius 1 is 1.30 bits per heavy atom. The number of nitrogens with zero attached hydrogens (tertiary/aromatic N) is 5. The van der Waals surface area contributed by atoms with E-state index in [1.165, 1.54) is 22.0 Å². The van der Waals surface area contributed by atoms with E-state index in [0.29, 0.717) is 24.2 Å². The first-order valence-electron chi connectivity index (χ1n) is 9.71. The molecule has 156 valence electrons. The number of carbonyl (C=O) groups excluding carboxylic acids is 2. The average Bonchev–Trinajstić information content (AvgIpc) is 3.14. The number of alkyl halides is 2. The van der Waals surface area contributed by atoms with Crippen LogP contribution >= 0.6 is 0 Å². The Hall–Kier alpha value is -3.28. The molecule has 1 atom stereocenters. The molecule has 9 heteroatoms. The van der Waals surface area contributed by atoms with Gasteiger partial charge in [-0.2, -0.15) is 10.4 Å². The van der Waals surface area contributed by atoms with Crippen LogP contribution in [0.25, 0.3) is 0 Å². The molecule has 1 spiro atoms. The first-order valence-corrected chi connectivity index (χ1v) is 9.71. The maximum atomic E-state index is 14.8. The van der Waals surface area contributed by atoms with Crippen molar-refractivity contribution < 1.29 is 18.4 Å². The Balaban J connectivity index is 1.66. The Bertz CT molecular complexity index is 1040. The molecule has 30 heavy (non-hydrogen) atoms. The molecular formula is C21H21F2N5O2. The van der Waals surface area contributed by atoms with Gasteiger partial charge in [-0.15, -0.1) is 0 Å².